The van der Waals surface area contributed by atoms with E-state index in [0.29, 0.717) is 12.8 Å². The molecule has 4 nitrogen and oxygen atoms in total. The minimum Gasteiger partial charge on any atom is -0.481 e. The third kappa shape index (κ3) is 4.06. The zero-order valence-electron chi connectivity index (χ0n) is 12.4. The molecule has 0 aromatic heterocycles. The predicted octanol–water partition coefficient (Wildman–Crippen LogP) is 2.94. The Bertz CT molecular complexity index is 486. The lowest BCUT2D eigenvalue weighted by Gasteiger charge is -2.20. The standard InChI is InChI=1S/C17H23NO3/c1-2-12(13-7-4-3-5-8-13)11-16(19)18-15-10-6-9-14(15)17(20)21/h3-5,7-8,12,14-15H,2,6,9-11H2,1H3,(H,18,19)(H,20,21)/t12?,14-,15+/m0/s1. The molecular formula is C17H23NO3. The Morgan fingerprint density at radius 2 is 2.00 bits per heavy atom. The van der Waals surface area contributed by atoms with E-state index in [9.17, 15) is 9.59 Å². The largest absolute Gasteiger partial charge is 0.481 e. The molecule has 2 rings (SSSR count). The zero-order valence-corrected chi connectivity index (χ0v) is 12.4. The lowest BCUT2D eigenvalue weighted by molar-refractivity contribution is -0.142. The fourth-order valence-electron chi connectivity index (χ4n) is 3.14. The number of nitrogens with one attached hydrogen (secondary N) is 1. The fraction of sp³-hybridized carbons (Fsp3) is 0.529. The van der Waals surface area contributed by atoms with E-state index >= 15 is 0 Å². The highest BCUT2D eigenvalue weighted by Crippen LogP contribution is 2.27. The van der Waals surface area contributed by atoms with Crippen molar-refractivity contribution < 1.29 is 14.7 Å². The van der Waals surface area contributed by atoms with E-state index in [0.717, 1.165) is 24.8 Å². The van der Waals surface area contributed by atoms with Crippen LogP contribution in [-0.4, -0.2) is 23.0 Å². The van der Waals surface area contributed by atoms with E-state index in [-0.39, 0.29) is 17.9 Å². The Labute approximate surface area is 125 Å². The average Bonchev–Trinajstić information content (AvgIpc) is 2.94. The number of hydrogen-bond acceptors (Lipinski definition) is 2. The first-order valence-corrected chi connectivity index (χ1v) is 7.69. The van der Waals surface area contributed by atoms with Gasteiger partial charge in [0.05, 0.1) is 5.92 Å². The number of carboxylic acid groups (broad SMARTS) is 1. The summed E-state index contributed by atoms with van der Waals surface area (Å²) >= 11 is 0. The van der Waals surface area contributed by atoms with Crippen LogP contribution in [0.15, 0.2) is 30.3 Å². The molecule has 1 aliphatic carbocycles. The van der Waals surface area contributed by atoms with E-state index in [1.165, 1.54) is 0 Å². The molecule has 1 aromatic carbocycles. The van der Waals surface area contributed by atoms with Gasteiger partial charge in [0, 0.05) is 12.5 Å². The summed E-state index contributed by atoms with van der Waals surface area (Å²) in [6.07, 6.45) is 3.62. The van der Waals surface area contributed by atoms with Crippen LogP contribution in [0.4, 0.5) is 0 Å². The lowest BCUT2D eigenvalue weighted by atomic mass is 9.92. The smallest absolute Gasteiger partial charge is 0.308 e. The number of carboxylic acids is 1. The van der Waals surface area contributed by atoms with E-state index in [1.807, 2.05) is 30.3 Å². The Morgan fingerprint density at radius 3 is 2.62 bits per heavy atom. The summed E-state index contributed by atoms with van der Waals surface area (Å²) in [5.74, 6) is -1.07. The number of amides is 1. The van der Waals surface area contributed by atoms with Crippen LogP contribution in [-0.2, 0) is 9.59 Å². The highest BCUT2D eigenvalue weighted by atomic mass is 16.4. The number of benzene rings is 1. The molecule has 1 amide bonds. The van der Waals surface area contributed by atoms with Gasteiger partial charge in [0.15, 0.2) is 0 Å². The maximum atomic E-state index is 12.2. The first-order valence-electron chi connectivity index (χ1n) is 7.69. The molecule has 21 heavy (non-hydrogen) atoms. The summed E-state index contributed by atoms with van der Waals surface area (Å²) in [5, 5.41) is 12.1. The van der Waals surface area contributed by atoms with Crippen molar-refractivity contribution in [1.29, 1.82) is 0 Å². The molecule has 1 saturated carbocycles. The van der Waals surface area contributed by atoms with Crippen molar-refractivity contribution in [3.05, 3.63) is 35.9 Å². The van der Waals surface area contributed by atoms with Gasteiger partial charge in [0.1, 0.15) is 0 Å². The van der Waals surface area contributed by atoms with Crippen LogP contribution < -0.4 is 5.32 Å². The molecule has 0 heterocycles. The van der Waals surface area contributed by atoms with Crippen LogP contribution in [0.2, 0.25) is 0 Å². The fourth-order valence-corrected chi connectivity index (χ4v) is 3.14. The van der Waals surface area contributed by atoms with Crippen molar-refractivity contribution in [3.63, 3.8) is 0 Å². The molecule has 0 bridgehead atoms. The van der Waals surface area contributed by atoms with Crippen LogP contribution in [0.3, 0.4) is 0 Å². The summed E-state index contributed by atoms with van der Waals surface area (Å²) in [5.41, 5.74) is 1.16. The molecule has 114 valence electrons. The normalized spacial score (nSPS) is 22.7. The molecule has 1 aromatic rings. The predicted molar refractivity (Wildman–Crippen MR) is 81.0 cm³/mol. The highest BCUT2D eigenvalue weighted by molar-refractivity contribution is 5.79. The second kappa shape index (κ2) is 7.25. The molecule has 0 saturated heterocycles. The summed E-state index contributed by atoms with van der Waals surface area (Å²) in [6, 6.07) is 9.80. The van der Waals surface area contributed by atoms with Gasteiger partial charge in [-0.15, -0.1) is 0 Å². The molecule has 2 N–H and O–H groups in total. The van der Waals surface area contributed by atoms with Gasteiger partial charge < -0.3 is 10.4 Å². The number of carbonyl (C=O) groups excluding carboxylic acids is 1. The van der Waals surface area contributed by atoms with Gasteiger partial charge in [-0.25, -0.2) is 0 Å². The van der Waals surface area contributed by atoms with Gasteiger partial charge in [-0.3, -0.25) is 9.59 Å². The van der Waals surface area contributed by atoms with Gasteiger partial charge in [0.25, 0.3) is 0 Å². The molecule has 1 unspecified atom stereocenters. The first kappa shape index (κ1) is 15.5. The third-order valence-corrected chi connectivity index (χ3v) is 4.38. The molecule has 1 fully saturated rings. The maximum absolute atomic E-state index is 12.2. The minimum atomic E-state index is -0.798. The van der Waals surface area contributed by atoms with Crippen molar-refractivity contribution in [3.8, 4) is 0 Å². The van der Waals surface area contributed by atoms with Gasteiger partial charge in [-0.2, -0.15) is 0 Å². The van der Waals surface area contributed by atoms with Gasteiger partial charge in [-0.1, -0.05) is 43.7 Å². The topological polar surface area (TPSA) is 66.4 Å². The van der Waals surface area contributed by atoms with Crippen LogP contribution >= 0.6 is 0 Å². The summed E-state index contributed by atoms with van der Waals surface area (Å²) in [7, 11) is 0. The number of rotatable bonds is 6. The molecule has 0 spiro atoms. The van der Waals surface area contributed by atoms with E-state index in [1.54, 1.807) is 0 Å². The van der Waals surface area contributed by atoms with Crippen molar-refractivity contribution >= 4 is 11.9 Å². The summed E-state index contributed by atoms with van der Waals surface area (Å²) in [4.78, 5) is 23.3. The quantitative estimate of drug-likeness (QED) is 0.846. The third-order valence-electron chi connectivity index (χ3n) is 4.38. The molecule has 4 heteroatoms. The second-order valence-electron chi connectivity index (χ2n) is 5.77. The molecule has 1 aliphatic rings. The molecule has 3 atom stereocenters. The van der Waals surface area contributed by atoms with Crippen LogP contribution in [0.5, 0.6) is 0 Å². The summed E-state index contributed by atoms with van der Waals surface area (Å²) in [6.45, 7) is 2.07. The Morgan fingerprint density at radius 1 is 1.29 bits per heavy atom. The van der Waals surface area contributed by atoms with Gasteiger partial charge >= 0.3 is 5.97 Å². The van der Waals surface area contributed by atoms with Crippen LogP contribution in [0.25, 0.3) is 0 Å². The Balaban J connectivity index is 1.93. The van der Waals surface area contributed by atoms with E-state index in [4.69, 9.17) is 5.11 Å². The average molecular weight is 289 g/mol. The van der Waals surface area contributed by atoms with Crippen LogP contribution in [0, 0.1) is 5.92 Å². The van der Waals surface area contributed by atoms with Gasteiger partial charge in [0.2, 0.25) is 5.91 Å². The molecular weight excluding hydrogens is 266 g/mol. The summed E-state index contributed by atoms with van der Waals surface area (Å²) < 4.78 is 0. The Kier molecular flexibility index (Phi) is 5.37. The van der Waals surface area contributed by atoms with Crippen molar-refractivity contribution in [2.75, 3.05) is 0 Å². The zero-order chi connectivity index (χ0) is 15.2. The Hall–Kier alpha value is -1.84. The highest BCUT2D eigenvalue weighted by Gasteiger charge is 2.34. The van der Waals surface area contributed by atoms with E-state index in [2.05, 4.69) is 12.2 Å². The monoisotopic (exact) mass is 289 g/mol. The lowest BCUT2D eigenvalue weighted by Crippen LogP contribution is -2.40. The first-order chi connectivity index (χ1) is 10.1. The van der Waals surface area contributed by atoms with Crippen molar-refractivity contribution in [1.82, 2.24) is 5.32 Å². The number of carbonyl (C=O) groups is 2. The number of hydrogen-bond donors (Lipinski definition) is 2. The maximum Gasteiger partial charge on any atom is 0.308 e. The van der Waals surface area contributed by atoms with E-state index < -0.39 is 11.9 Å². The van der Waals surface area contributed by atoms with Crippen molar-refractivity contribution in [2.24, 2.45) is 5.92 Å². The second-order valence-corrected chi connectivity index (χ2v) is 5.77. The number of aliphatic carboxylic acids is 1. The van der Waals surface area contributed by atoms with Crippen LogP contribution in [0.1, 0.15) is 50.5 Å². The molecule has 0 aliphatic heterocycles. The van der Waals surface area contributed by atoms with Crippen molar-refractivity contribution in [2.45, 2.75) is 51.0 Å². The minimum absolute atomic E-state index is 0.0381. The SMILES string of the molecule is CCC(CC(=O)N[C@@H]1CCC[C@@H]1C(=O)O)c1ccccc1. The van der Waals surface area contributed by atoms with Gasteiger partial charge in [-0.05, 0) is 30.7 Å². The molecule has 0 radical (unpaired) electrons.